The summed E-state index contributed by atoms with van der Waals surface area (Å²) in [5.41, 5.74) is -0.130. The Hall–Kier alpha value is -2.41. The van der Waals surface area contributed by atoms with Crippen LogP contribution in [-0.4, -0.2) is 20.8 Å². The Morgan fingerprint density at radius 2 is 2.32 bits per heavy atom. The number of carbonyl (C=O) groups is 1. The molecule has 0 aliphatic rings. The van der Waals surface area contributed by atoms with Crippen molar-refractivity contribution in [2.45, 2.75) is 6.54 Å². The van der Waals surface area contributed by atoms with E-state index in [1.807, 2.05) is 0 Å². The third kappa shape index (κ3) is 3.08. The highest BCUT2D eigenvalue weighted by molar-refractivity contribution is 6.32. The maximum absolute atomic E-state index is 11.8. The maximum Gasteiger partial charge on any atom is 0.288 e. The number of benzene rings is 1. The van der Waals surface area contributed by atoms with Gasteiger partial charge in [0.05, 0.1) is 11.5 Å². The molecule has 0 bridgehead atoms. The summed E-state index contributed by atoms with van der Waals surface area (Å²) in [4.78, 5) is 28.7. The molecule has 0 saturated carbocycles. The van der Waals surface area contributed by atoms with Gasteiger partial charge in [-0.3, -0.25) is 14.9 Å². The van der Waals surface area contributed by atoms with Crippen molar-refractivity contribution in [3.63, 3.8) is 0 Å². The van der Waals surface area contributed by atoms with E-state index in [9.17, 15) is 14.9 Å². The number of aromatic amines is 1. The van der Waals surface area contributed by atoms with Gasteiger partial charge < -0.3 is 10.3 Å². The first-order chi connectivity index (χ1) is 9.08. The largest absolute Gasteiger partial charge is 0.347 e. The van der Waals surface area contributed by atoms with E-state index in [4.69, 9.17) is 11.6 Å². The van der Waals surface area contributed by atoms with Crippen LogP contribution < -0.4 is 5.32 Å². The molecule has 1 aromatic heterocycles. The molecule has 7 nitrogen and oxygen atoms in total. The molecule has 0 atom stereocenters. The summed E-state index contributed by atoms with van der Waals surface area (Å²) in [7, 11) is 0. The summed E-state index contributed by atoms with van der Waals surface area (Å²) >= 11 is 5.67. The van der Waals surface area contributed by atoms with Crippen molar-refractivity contribution < 1.29 is 9.72 Å². The minimum Gasteiger partial charge on any atom is -0.347 e. The van der Waals surface area contributed by atoms with Crippen LogP contribution in [0.3, 0.4) is 0 Å². The van der Waals surface area contributed by atoms with E-state index in [1.54, 1.807) is 12.4 Å². The van der Waals surface area contributed by atoms with Crippen molar-refractivity contribution in [3.8, 4) is 0 Å². The number of rotatable bonds is 4. The number of H-pyrrole nitrogens is 1. The number of carbonyl (C=O) groups excluding carboxylic acids is 1. The van der Waals surface area contributed by atoms with Crippen molar-refractivity contribution in [2.24, 2.45) is 0 Å². The smallest absolute Gasteiger partial charge is 0.288 e. The average Bonchev–Trinajstić information content (AvgIpc) is 2.89. The van der Waals surface area contributed by atoms with Crippen LogP contribution in [-0.2, 0) is 6.54 Å². The van der Waals surface area contributed by atoms with E-state index < -0.39 is 10.8 Å². The van der Waals surface area contributed by atoms with E-state index >= 15 is 0 Å². The van der Waals surface area contributed by atoms with Crippen LogP contribution in [0, 0.1) is 10.1 Å². The summed E-state index contributed by atoms with van der Waals surface area (Å²) < 4.78 is 0. The molecule has 0 saturated heterocycles. The molecule has 2 aromatic rings. The zero-order valence-electron chi connectivity index (χ0n) is 9.59. The van der Waals surface area contributed by atoms with Gasteiger partial charge in [0.15, 0.2) is 0 Å². The van der Waals surface area contributed by atoms with Crippen LogP contribution in [0.2, 0.25) is 5.02 Å². The van der Waals surface area contributed by atoms with E-state index in [0.29, 0.717) is 5.82 Å². The summed E-state index contributed by atoms with van der Waals surface area (Å²) in [5, 5.41) is 13.3. The molecule has 1 heterocycles. The summed E-state index contributed by atoms with van der Waals surface area (Å²) in [6, 6.07) is 3.88. The molecule has 98 valence electrons. The first kappa shape index (κ1) is 13.0. The van der Waals surface area contributed by atoms with Crippen molar-refractivity contribution in [3.05, 3.63) is 57.1 Å². The molecule has 1 amide bonds. The van der Waals surface area contributed by atoms with Gasteiger partial charge in [0.2, 0.25) is 0 Å². The van der Waals surface area contributed by atoms with Gasteiger partial charge in [-0.25, -0.2) is 4.98 Å². The molecule has 0 spiro atoms. The maximum atomic E-state index is 11.8. The van der Waals surface area contributed by atoms with Gasteiger partial charge in [-0.1, -0.05) is 11.6 Å². The van der Waals surface area contributed by atoms with Gasteiger partial charge in [0, 0.05) is 24.0 Å². The topological polar surface area (TPSA) is 101 Å². The second-order valence-electron chi connectivity index (χ2n) is 3.64. The second kappa shape index (κ2) is 5.49. The first-order valence-corrected chi connectivity index (χ1v) is 5.66. The standard InChI is InChI=1S/C11H9ClN4O3/c12-8-2-1-7(5-9(8)16(18)19)11(17)15-6-10-13-3-4-14-10/h1-5H,6H2,(H,13,14)(H,15,17). The predicted molar refractivity (Wildman–Crippen MR) is 67.9 cm³/mol. The molecule has 19 heavy (non-hydrogen) atoms. The Morgan fingerprint density at radius 3 is 2.95 bits per heavy atom. The lowest BCUT2D eigenvalue weighted by atomic mass is 10.2. The van der Waals surface area contributed by atoms with Gasteiger partial charge in [0.1, 0.15) is 10.8 Å². The Balaban J connectivity index is 2.11. The number of nitro groups is 1. The van der Waals surface area contributed by atoms with Gasteiger partial charge in [-0.15, -0.1) is 0 Å². The highest BCUT2D eigenvalue weighted by Gasteiger charge is 2.16. The fourth-order valence-electron chi connectivity index (χ4n) is 1.45. The van der Waals surface area contributed by atoms with E-state index in [1.165, 1.54) is 12.1 Å². The lowest BCUT2D eigenvalue weighted by Gasteiger charge is -2.04. The number of aromatic nitrogens is 2. The number of hydrogen-bond acceptors (Lipinski definition) is 4. The van der Waals surface area contributed by atoms with E-state index in [-0.39, 0.29) is 22.8 Å². The molecule has 1 aromatic carbocycles. The van der Waals surface area contributed by atoms with Gasteiger partial charge in [-0.2, -0.15) is 0 Å². The number of halogens is 1. The molecule has 0 fully saturated rings. The monoisotopic (exact) mass is 280 g/mol. The van der Waals surface area contributed by atoms with Crippen LogP contribution in [0.4, 0.5) is 5.69 Å². The third-order valence-corrected chi connectivity index (χ3v) is 2.70. The lowest BCUT2D eigenvalue weighted by Crippen LogP contribution is -2.23. The lowest BCUT2D eigenvalue weighted by molar-refractivity contribution is -0.384. The minimum absolute atomic E-state index is 0.00687. The Bertz CT molecular complexity index is 612. The fraction of sp³-hybridized carbons (Fsp3) is 0.0909. The number of hydrogen-bond donors (Lipinski definition) is 2. The zero-order valence-corrected chi connectivity index (χ0v) is 10.3. The van der Waals surface area contributed by atoms with Crippen molar-refractivity contribution in [1.29, 1.82) is 0 Å². The highest BCUT2D eigenvalue weighted by Crippen LogP contribution is 2.24. The number of amides is 1. The average molecular weight is 281 g/mol. The number of nitrogens with zero attached hydrogens (tertiary/aromatic N) is 2. The van der Waals surface area contributed by atoms with Crippen LogP contribution >= 0.6 is 11.6 Å². The summed E-state index contributed by atoms with van der Waals surface area (Å²) in [6.45, 7) is 0.211. The number of nitro benzene ring substituents is 1. The quantitative estimate of drug-likeness (QED) is 0.659. The summed E-state index contributed by atoms with van der Waals surface area (Å²) in [6.07, 6.45) is 3.20. The van der Waals surface area contributed by atoms with Gasteiger partial charge in [0.25, 0.3) is 11.6 Å². The second-order valence-corrected chi connectivity index (χ2v) is 4.05. The molecule has 8 heteroatoms. The Labute approximate surface area is 112 Å². The van der Waals surface area contributed by atoms with Crippen LogP contribution in [0.1, 0.15) is 16.2 Å². The molecular formula is C11H9ClN4O3. The summed E-state index contributed by atoms with van der Waals surface area (Å²) in [5.74, 6) is 0.160. The molecule has 0 radical (unpaired) electrons. The normalized spacial score (nSPS) is 10.2. The SMILES string of the molecule is O=C(NCc1ncc[nH]1)c1ccc(Cl)c([N+](=O)[O-])c1. The van der Waals surface area contributed by atoms with Gasteiger partial charge in [-0.05, 0) is 12.1 Å². The highest BCUT2D eigenvalue weighted by atomic mass is 35.5. The van der Waals surface area contributed by atoms with E-state index in [0.717, 1.165) is 6.07 Å². The fourth-order valence-corrected chi connectivity index (χ4v) is 1.64. The third-order valence-electron chi connectivity index (χ3n) is 2.38. The predicted octanol–water partition coefficient (Wildman–Crippen LogP) is 1.90. The molecule has 2 rings (SSSR count). The molecular weight excluding hydrogens is 272 g/mol. The van der Waals surface area contributed by atoms with Crippen molar-refractivity contribution in [2.75, 3.05) is 0 Å². The number of nitrogens with one attached hydrogen (secondary N) is 2. The molecule has 2 N–H and O–H groups in total. The zero-order chi connectivity index (χ0) is 13.8. The van der Waals surface area contributed by atoms with Crippen molar-refractivity contribution >= 4 is 23.2 Å². The van der Waals surface area contributed by atoms with Crippen LogP contribution in [0.25, 0.3) is 0 Å². The Kier molecular flexibility index (Phi) is 3.76. The first-order valence-electron chi connectivity index (χ1n) is 5.28. The molecule has 0 aliphatic heterocycles. The van der Waals surface area contributed by atoms with Crippen LogP contribution in [0.5, 0.6) is 0 Å². The minimum atomic E-state index is -0.633. The Morgan fingerprint density at radius 1 is 1.53 bits per heavy atom. The molecule has 0 unspecified atom stereocenters. The number of imidazole rings is 1. The molecule has 0 aliphatic carbocycles. The van der Waals surface area contributed by atoms with E-state index in [2.05, 4.69) is 15.3 Å². The van der Waals surface area contributed by atoms with Crippen LogP contribution in [0.15, 0.2) is 30.6 Å². The van der Waals surface area contributed by atoms with Crippen molar-refractivity contribution in [1.82, 2.24) is 15.3 Å². The van der Waals surface area contributed by atoms with Gasteiger partial charge >= 0.3 is 0 Å².